The van der Waals surface area contributed by atoms with Gasteiger partial charge in [0.15, 0.2) is 5.78 Å². The second-order valence-corrected chi connectivity index (χ2v) is 12.1. The van der Waals surface area contributed by atoms with Crippen molar-refractivity contribution in [1.29, 1.82) is 0 Å². The van der Waals surface area contributed by atoms with Gasteiger partial charge in [-0.3, -0.25) is 4.79 Å². The van der Waals surface area contributed by atoms with Gasteiger partial charge in [0.25, 0.3) is 0 Å². The summed E-state index contributed by atoms with van der Waals surface area (Å²) in [6, 6.07) is 16.1. The van der Waals surface area contributed by atoms with Crippen LogP contribution in [0.1, 0.15) is 90.5 Å². The van der Waals surface area contributed by atoms with Gasteiger partial charge in [-0.2, -0.15) is 0 Å². The number of esters is 3. The summed E-state index contributed by atoms with van der Waals surface area (Å²) in [5.41, 5.74) is 0.943. The van der Waals surface area contributed by atoms with Crippen molar-refractivity contribution in [2.24, 2.45) is 0 Å². The van der Waals surface area contributed by atoms with Crippen molar-refractivity contribution in [1.82, 2.24) is 0 Å². The Balaban J connectivity index is 1.35. The first kappa shape index (κ1) is 43.2. The van der Waals surface area contributed by atoms with Gasteiger partial charge in [-0.05, 0) is 124 Å². The van der Waals surface area contributed by atoms with Crippen molar-refractivity contribution in [2.45, 2.75) is 71.1 Å². The summed E-state index contributed by atoms with van der Waals surface area (Å²) in [5.74, 6) is -0.879. The summed E-state index contributed by atoms with van der Waals surface area (Å²) in [6.07, 6.45) is 8.31. The quantitative estimate of drug-likeness (QED) is 0.0225. The number of ether oxygens (including phenoxy) is 7. The number of hydrogen-bond donors (Lipinski definition) is 0. The van der Waals surface area contributed by atoms with Crippen LogP contribution in [0, 0.1) is 6.92 Å². The number of rotatable bonds is 23. The van der Waals surface area contributed by atoms with E-state index in [9.17, 15) is 28.8 Å². The zero-order valence-electron chi connectivity index (χ0n) is 30.9. The highest BCUT2D eigenvalue weighted by atomic mass is 16.7. The largest absolute Gasteiger partial charge is 0.513 e. The van der Waals surface area contributed by atoms with Crippen molar-refractivity contribution < 1.29 is 61.9 Å². The van der Waals surface area contributed by atoms with Crippen molar-refractivity contribution >= 4 is 36.0 Å². The predicted molar refractivity (Wildman–Crippen MR) is 200 cm³/mol. The smallest absolute Gasteiger partial charge is 0.463 e. The first-order valence-electron chi connectivity index (χ1n) is 18.0. The number of carbonyl (C=O) groups excluding carboxylic acids is 6. The van der Waals surface area contributed by atoms with Crippen LogP contribution >= 0.6 is 0 Å². The maximum absolute atomic E-state index is 12.8. The molecular formula is C42H46O13. The molecule has 0 heterocycles. The molecule has 0 radical (unpaired) electrons. The molecule has 0 N–H and O–H groups in total. The Bertz CT molecular complexity index is 1760. The average Bonchev–Trinajstić information content (AvgIpc) is 3.18. The molecule has 0 saturated carbocycles. The topological polar surface area (TPSA) is 167 Å². The van der Waals surface area contributed by atoms with Crippen LogP contribution in [0.25, 0.3) is 0 Å². The van der Waals surface area contributed by atoms with Crippen LogP contribution in [0.15, 0.2) is 92.0 Å². The third-order valence-electron chi connectivity index (χ3n) is 7.83. The maximum Gasteiger partial charge on any atom is 0.513 e. The fourth-order valence-electron chi connectivity index (χ4n) is 4.83. The lowest BCUT2D eigenvalue weighted by molar-refractivity contribution is -0.137. The van der Waals surface area contributed by atoms with Crippen LogP contribution in [0.3, 0.4) is 0 Å². The SMILES string of the molecule is C=CC(=O)CCCCCCCOC(=O)Oc1ccc(C(=O)Oc2ccc(OC(=O)c3ccc(OC(=O)OCCCCCCOC(=O)C=C)cc3)cc2C)cc1. The lowest BCUT2D eigenvalue weighted by atomic mass is 10.1. The fourth-order valence-corrected chi connectivity index (χ4v) is 4.83. The molecule has 0 spiro atoms. The van der Waals surface area contributed by atoms with Crippen LogP contribution in [0.4, 0.5) is 9.59 Å². The molecule has 55 heavy (non-hydrogen) atoms. The van der Waals surface area contributed by atoms with Gasteiger partial charge in [-0.15, -0.1) is 0 Å². The summed E-state index contributed by atoms with van der Waals surface area (Å²) in [6.45, 7) is 9.15. The highest BCUT2D eigenvalue weighted by molar-refractivity contribution is 5.92. The molecule has 0 aromatic heterocycles. The normalized spacial score (nSPS) is 10.3. The number of aryl methyl sites for hydroxylation is 1. The van der Waals surface area contributed by atoms with Crippen LogP contribution in [0.5, 0.6) is 23.0 Å². The third-order valence-corrected chi connectivity index (χ3v) is 7.83. The second-order valence-electron chi connectivity index (χ2n) is 12.1. The Morgan fingerprint density at radius 1 is 0.509 bits per heavy atom. The zero-order chi connectivity index (χ0) is 39.8. The first-order valence-corrected chi connectivity index (χ1v) is 18.0. The van der Waals surface area contributed by atoms with E-state index in [0.29, 0.717) is 37.9 Å². The van der Waals surface area contributed by atoms with E-state index < -0.39 is 30.2 Å². The molecule has 0 unspecified atom stereocenters. The monoisotopic (exact) mass is 758 g/mol. The molecule has 0 atom stereocenters. The number of allylic oxidation sites excluding steroid dienone is 1. The van der Waals surface area contributed by atoms with E-state index in [1.807, 2.05) is 0 Å². The Morgan fingerprint density at radius 2 is 0.964 bits per heavy atom. The van der Waals surface area contributed by atoms with E-state index in [2.05, 4.69) is 13.2 Å². The highest BCUT2D eigenvalue weighted by Crippen LogP contribution is 2.26. The molecule has 292 valence electrons. The summed E-state index contributed by atoms with van der Waals surface area (Å²) in [7, 11) is 0. The molecule has 3 aromatic carbocycles. The van der Waals surface area contributed by atoms with E-state index in [1.165, 1.54) is 66.7 Å². The Morgan fingerprint density at radius 3 is 1.45 bits per heavy atom. The summed E-state index contributed by atoms with van der Waals surface area (Å²) in [4.78, 5) is 71.7. The van der Waals surface area contributed by atoms with Gasteiger partial charge in [0.05, 0.1) is 30.9 Å². The molecule has 3 rings (SSSR count). The average molecular weight is 759 g/mol. The molecule has 0 saturated heterocycles. The van der Waals surface area contributed by atoms with Crippen molar-refractivity contribution in [3.05, 3.63) is 109 Å². The second kappa shape index (κ2) is 24.1. The molecule has 0 aliphatic heterocycles. The van der Waals surface area contributed by atoms with Gasteiger partial charge in [0.2, 0.25) is 0 Å². The fraction of sp³-hybridized carbons (Fsp3) is 0.333. The Hall–Kier alpha value is -6.24. The molecule has 0 amide bonds. The van der Waals surface area contributed by atoms with E-state index in [-0.39, 0.29) is 53.1 Å². The molecular weight excluding hydrogens is 712 g/mol. The Kier molecular flexibility index (Phi) is 19.0. The van der Waals surface area contributed by atoms with Crippen LogP contribution in [-0.4, -0.2) is 55.8 Å². The minimum absolute atomic E-state index is 0.0419. The van der Waals surface area contributed by atoms with Crippen molar-refractivity contribution in [3.63, 3.8) is 0 Å². The van der Waals surface area contributed by atoms with Crippen molar-refractivity contribution in [2.75, 3.05) is 19.8 Å². The zero-order valence-corrected chi connectivity index (χ0v) is 30.9. The van der Waals surface area contributed by atoms with E-state index in [4.69, 9.17) is 33.2 Å². The van der Waals surface area contributed by atoms with Gasteiger partial charge in [-0.25, -0.2) is 24.0 Å². The van der Waals surface area contributed by atoms with E-state index in [1.54, 1.807) is 13.0 Å². The van der Waals surface area contributed by atoms with Gasteiger partial charge in [0.1, 0.15) is 23.0 Å². The maximum atomic E-state index is 12.8. The Labute approximate surface area is 320 Å². The lowest BCUT2D eigenvalue weighted by Crippen LogP contribution is -2.13. The standard InChI is InChI=1S/C42H46O13/c1-4-33(43)15-11-7-6-8-13-27-50-41(47)54-35-22-18-32(19-23-35)40(46)55-37-25-24-36(29-30(37)3)52-39(45)31-16-20-34(21-17-31)53-42(48)51-28-14-10-9-12-26-49-38(44)5-2/h4-5,16-25,29H,1-2,6-15,26-28H2,3H3. The van der Waals surface area contributed by atoms with Crippen LogP contribution < -0.4 is 18.9 Å². The number of carbonyl (C=O) groups is 6. The third kappa shape index (κ3) is 17.0. The molecule has 0 aliphatic rings. The first-order chi connectivity index (χ1) is 26.6. The number of benzene rings is 3. The van der Waals surface area contributed by atoms with E-state index >= 15 is 0 Å². The number of hydrogen-bond acceptors (Lipinski definition) is 13. The van der Waals surface area contributed by atoms with Gasteiger partial charge in [0, 0.05) is 12.5 Å². The van der Waals surface area contributed by atoms with Crippen LogP contribution in [0.2, 0.25) is 0 Å². The summed E-state index contributed by atoms with van der Waals surface area (Å²) in [5, 5.41) is 0. The molecule has 13 heteroatoms. The molecule has 0 fully saturated rings. The minimum atomic E-state index is -0.874. The summed E-state index contributed by atoms with van der Waals surface area (Å²) < 4.78 is 36.4. The molecule has 0 aliphatic carbocycles. The predicted octanol–water partition coefficient (Wildman–Crippen LogP) is 8.85. The molecule has 13 nitrogen and oxygen atoms in total. The van der Waals surface area contributed by atoms with Gasteiger partial charge >= 0.3 is 30.2 Å². The number of unbranched alkanes of at least 4 members (excludes halogenated alkanes) is 7. The van der Waals surface area contributed by atoms with Gasteiger partial charge in [-0.1, -0.05) is 32.4 Å². The van der Waals surface area contributed by atoms with Crippen molar-refractivity contribution in [3.8, 4) is 23.0 Å². The minimum Gasteiger partial charge on any atom is -0.463 e. The lowest BCUT2D eigenvalue weighted by Gasteiger charge is -2.11. The highest BCUT2D eigenvalue weighted by Gasteiger charge is 2.15. The van der Waals surface area contributed by atoms with Crippen LogP contribution in [-0.2, 0) is 23.8 Å². The number of ketones is 1. The van der Waals surface area contributed by atoms with E-state index in [0.717, 1.165) is 44.6 Å². The molecule has 3 aromatic rings. The summed E-state index contributed by atoms with van der Waals surface area (Å²) >= 11 is 0. The molecule has 0 bridgehead atoms. The van der Waals surface area contributed by atoms with Gasteiger partial charge < -0.3 is 33.2 Å².